The van der Waals surface area contributed by atoms with Gasteiger partial charge in [-0.25, -0.2) is 4.98 Å². The summed E-state index contributed by atoms with van der Waals surface area (Å²) in [4.78, 5) is 28.5. The normalized spacial score (nSPS) is 10.5. The van der Waals surface area contributed by atoms with E-state index in [0.717, 1.165) is 5.69 Å². The Bertz CT molecular complexity index is 1030. The maximum atomic E-state index is 12.6. The minimum absolute atomic E-state index is 0.0359. The van der Waals surface area contributed by atoms with Gasteiger partial charge in [-0.3, -0.25) is 9.59 Å². The van der Waals surface area contributed by atoms with Crippen LogP contribution in [-0.4, -0.2) is 22.8 Å². The largest absolute Gasteiger partial charge is 0.489 e. The number of nitrogens with zero attached hydrogens (tertiary/aromatic N) is 1. The molecule has 3 aromatic rings. The summed E-state index contributed by atoms with van der Waals surface area (Å²) in [5, 5.41) is 6.01. The summed E-state index contributed by atoms with van der Waals surface area (Å²) in [5.41, 5.74) is 2.31. The van der Waals surface area contributed by atoms with E-state index in [1.54, 1.807) is 42.6 Å². The second-order valence-corrected chi connectivity index (χ2v) is 6.81. The number of carbonyl (C=O) groups excluding carboxylic acids is 2. The molecule has 0 saturated heterocycles. The number of nitrogens with one attached hydrogen (secondary N) is 2. The van der Waals surface area contributed by atoms with Gasteiger partial charge in [-0.05, 0) is 57.2 Å². The van der Waals surface area contributed by atoms with Crippen molar-refractivity contribution in [3.8, 4) is 5.75 Å². The molecule has 1 aromatic heterocycles. The van der Waals surface area contributed by atoms with E-state index < -0.39 is 0 Å². The minimum atomic E-state index is -0.289. The smallest absolute Gasteiger partial charge is 0.255 e. The third-order valence-corrected chi connectivity index (χ3v) is 4.06. The highest BCUT2D eigenvalue weighted by Crippen LogP contribution is 2.27. The molecule has 0 saturated carbocycles. The lowest BCUT2D eigenvalue weighted by molar-refractivity contribution is 0.101. The van der Waals surface area contributed by atoms with Gasteiger partial charge in [-0.15, -0.1) is 0 Å². The number of aromatic nitrogens is 1. The Morgan fingerprint density at radius 1 is 0.966 bits per heavy atom. The highest BCUT2D eigenvalue weighted by molar-refractivity contribution is 6.05. The SMILES string of the molecule is CC(=O)c1cccc(NC(=O)c2ccnc(Nc3ccccc3OC(C)C)c2)c1. The van der Waals surface area contributed by atoms with Crippen LogP contribution < -0.4 is 15.4 Å². The number of hydrogen-bond acceptors (Lipinski definition) is 5. The first-order valence-corrected chi connectivity index (χ1v) is 9.33. The topological polar surface area (TPSA) is 80.3 Å². The molecule has 1 amide bonds. The Hall–Kier alpha value is -3.67. The van der Waals surface area contributed by atoms with Gasteiger partial charge in [0.15, 0.2) is 5.78 Å². The number of ketones is 1. The van der Waals surface area contributed by atoms with Crippen molar-refractivity contribution >= 4 is 28.9 Å². The average Bonchev–Trinajstić information content (AvgIpc) is 2.69. The Labute approximate surface area is 169 Å². The van der Waals surface area contributed by atoms with Crippen LogP contribution in [0.25, 0.3) is 0 Å². The second kappa shape index (κ2) is 9.01. The fraction of sp³-hybridized carbons (Fsp3) is 0.174. The van der Waals surface area contributed by atoms with Crippen molar-refractivity contribution < 1.29 is 14.3 Å². The first-order chi connectivity index (χ1) is 13.9. The second-order valence-electron chi connectivity index (χ2n) is 6.81. The lowest BCUT2D eigenvalue weighted by atomic mass is 10.1. The van der Waals surface area contributed by atoms with E-state index >= 15 is 0 Å². The Kier molecular flexibility index (Phi) is 6.24. The molecule has 0 aliphatic rings. The molecule has 0 radical (unpaired) electrons. The van der Waals surface area contributed by atoms with Crippen LogP contribution in [0.15, 0.2) is 66.9 Å². The van der Waals surface area contributed by atoms with Crippen LogP contribution in [-0.2, 0) is 0 Å². The molecule has 0 fully saturated rings. The van der Waals surface area contributed by atoms with E-state index in [1.165, 1.54) is 6.92 Å². The number of amides is 1. The number of para-hydroxylation sites is 2. The van der Waals surface area contributed by atoms with Crippen LogP contribution in [0.5, 0.6) is 5.75 Å². The zero-order valence-electron chi connectivity index (χ0n) is 16.6. The van der Waals surface area contributed by atoms with E-state index in [-0.39, 0.29) is 17.8 Å². The highest BCUT2D eigenvalue weighted by atomic mass is 16.5. The van der Waals surface area contributed by atoms with Crippen LogP contribution >= 0.6 is 0 Å². The number of Topliss-reactive ketones (excluding diaryl/α,β-unsaturated/α-hetero) is 1. The molecule has 0 unspecified atom stereocenters. The van der Waals surface area contributed by atoms with E-state index in [1.807, 2.05) is 38.1 Å². The molecular formula is C23H23N3O3. The Balaban J connectivity index is 1.77. The summed E-state index contributed by atoms with van der Waals surface area (Å²) in [7, 11) is 0. The van der Waals surface area contributed by atoms with Gasteiger partial charge in [-0.1, -0.05) is 24.3 Å². The zero-order chi connectivity index (χ0) is 20.8. The van der Waals surface area contributed by atoms with E-state index in [9.17, 15) is 9.59 Å². The lowest BCUT2D eigenvalue weighted by Crippen LogP contribution is -2.13. The number of ether oxygens (including phenoxy) is 1. The number of benzene rings is 2. The molecule has 29 heavy (non-hydrogen) atoms. The molecular weight excluding hydrogens is 366 g/mol. The number of hydrogen-bond donors (Lipinski definition) is 2. The number of anilines is 3. The maximum Gasteiger partial charge on any atom is 0.255 e. The molecule has 0 aliphatic heterocycles. The minimum Gasteiger partial charge on any atom is -0.489 e. The zero-order valence-corrected chi connectivity index (χ0v) is 16.6. The third-order valence-electron chi connectivity index (χ3n) is 4.06. The van der Waals surface area contributed by atoms with Gasteiger partial charge in [0.25, 0.3) is 5.91 Å². The molecule has 6 nitrogen and oxygen atoms in total. The summed E-state index contributed by atoms with van der Waals surface area (Å²) in [6.45, 7) is 5.41. The molecule has 6 heteroatoms. The molecule has 0 bridgehead atoms. The number of rotatable bonds is 7. The van der Waals surface area contributed by atoms with Crippen molar-refractivity contribution in [3.63, 3.8) is 0 Å². The fourth-order valence-electron chi connectivity index (χ4n) is 2.72. The third kappa shape index (κ3) is 5.42. The Morgan fingerprint density at radius 3 is 2.52 bits per heavy atom. The van der Waals surface area contributed by atoms with Crippen LogP contribution in [0.2, 0.25) is 0 Å². The van der Waals surface area contributed by atoms with Crippen LogP contribution in [0.1, 0.15) is 41.5 Å². The van der Waals surface area contributed by atoms with Crippen molar-refractivity contribution in [3.05, 3.63) is 78.0 Å². The van der Waals surface area contributed by atoms with Gasteiger partial charge in [0.1, 0.15) is 11.6 Å². The summed E-state index contributed by atoms with van der Waals surface area (Å²) in [6, 6.07) is 17.7. The van der Waals surface area contributed by atoms with Crippen molar-refractivity contribution in [1.82, 2.24) is 4.98 Å². The van der Waals surface area contributed by atoms with Crippen molar-refractivity contribution in [2.24, 2.45) is 0 Å². The Morgan fingerprint density at radius 2 is 1.76 bits per heavy atom. The molecule has 2 N–H and O–H groups in total. The molecule has 3 rings (SSSR count). The monoisotopic (exact) mass is 389 g/mol. The van der Waals surface area contributed by atoms with E-state index in [2.05, 4.69) is 15.6 Å². The summed E-state index contributed by atoms with van der Waals surface area (Å²) in [5.74, 6) is 0.886. The molecule has 1 heterocycles. The van der Waals surface area contributed by atoms with Gasteiger partial charge in [0, 0.05) is 23.0 Å². The molecule has 0 aliphatic carbocycles. The van der Waals surface area contributed by atoms with Crippen molar-refractivity contribution in [2.45, 2.75) is 26.9 Å². The number of pyridine rings is 1. The molecule has 148 valence electrons. The van der Waals surface area contributed by atoms with Crippen LogP contribution in [0.4, 0.5) is 17.2 Å². The summed E-state index contributed by atoms with van der Waals surface area (Å²) >= 11 is 0. The van der Waals surface area contributed by atoms with Crippen molar-refractivity contribution in [2.75, 3.05) is 10.6 Å². The van der Waals surface area contributed by atoms with Gasteiger partial charge in [-0.2, -0.15) is 0 Å². The van der Waals surface area contributed by atoms with Crippen LogP contribution in [0, 0.1) is 0 Å². The van der Waals surface area contributed by atoms with Gasteiger partial charge in [0.2, 0.25) is 0 Å². The quantitative estimate of drug-likeness (QED) is 0.552. The summed E-state index contributed by atoms with van der Waals surface area (Å²) in [6.07, 6.45) is 1.60. The highest BCUT2D eigenvalue weighted by Gasteiger charge is 2.11. The maximum absolute atomic E-state index is 12.6. The first-order valence-electron chi connectivity index (χ1n) is 9.33. The fourth-order valence-corrected chi connectivity index (χ4v) is 2.72. The predicted molar refractivity (Wildman–Crippen MR) is 114 cm³/mol. The van der Waals surface area contributed by atoms with E-state index in [0.29, 0.717) is 28.4 Å². The van der Waals surface area contributed by atoms with Crippen molar-refractivity contribution in [1.29, 1.82) is 0 Å². The predicted octanol–water partition coefficient (Wildman–Crippen LogP) is 5.07. The van der Waals surface area contributed by atoms with Gasteiger partial charge >= 0.3 is 0 Å². The molecule has 0 atom stereocenters. The van der Waals surface area contributed by atoms with Gasteiger partial charge in [0.05, 0.1) is 11.8 Å². The first kappa shape index (κ1) is 20.1. The van der Waals surface area contributed by atoms with Gasteiger partial charge < -0.3 is 15.4 Å². The molecule has 2 aromatic carbocycles. The van der Waals surface area contributed by atoms with Crippen LogP contribution in [0.3, 0.4) is 0 Å². The lowest BCUT2D eigenvalue weighted by Gasteiger charge is -2.15. The number of carbonyl (C=O) groups is 2. The standard InChI is InChI=1S/C23H23N3O3/c1-15(2)29-21-10-5-4-9-20(21)26-22-14-18(11-12-24-22)23(28)25-19-8-6-7-17(13-19)16(3)27/h4-15H,1-3H3,(H,24,26)(H,25,28). The molecule has 0 spiro atoms. The average molecular weight is 389 g/mol. The van der Waals surface area contributed by atoms with E-state index in [4.69, 9.17) is 4.74 Å². The summed E-state index contributed by atoms with van der Waals surface area (Å²) < 4.78 is 5.81.